The Labute approximate surface area is 779 Å². The number of likely N-dealkylation sites (tertiary alicyclic amines) is 2. The van der Waals surface area contributed by atoms with Gasteiger partial charge in [0.25, 0.3) is 0 Å². The average molecular weight is 1910 g/mol. The second-order valence-corrected chi connectivity index (χ2v) is 41.9. The molecule has 13 aromatic rings. The first kappa shape index (κ1) is 101. The summed E-state index contributed by atoms with van der Waals surface area (Å²) < 4.78 is 32.8. The zero-order valence-corrected chi connectivity index (χ0v) is 79.0. The monoisotopic (exact) mass is 1910 g/mol. The number of piperidine rings is 2. The lowest BCUT2D eigenvalue weighted by molar-refractivity contribution is -0.173. The largest absolute Gasteiger partial charge is 0.460 e. The number of hydrogen-bond donors (Lipinski definition) is 0. The van der Waals surface area contributed by atoms with E-state index in [2.05, 4.69) is 308 Å². The lowest BCUT2D eigenvalue weighted by Gasteiger charge is -2.39. The molecule has 2 saturated heterocycles. The molecule has 0 bridgehead atoms. The molecule has 129 heavy (non-hydrogen) atoms. The summed E-state index contributed by atoms with van der Waals surface area (Å²) in [5, 5.41) is 12.6. The van der Waals surface area contributed by atoms with Crippen LogP contribution in [0, 0.1) is 11.8 Å². The molecule has 2 amide bonds. The molecule has 15 rings (SSSR count). The van der Waals surface area contributed by atoms with Crippen molar-refractivity contribution in [3.8, 4) is 0 Å². The van der Waals surface area contributed by atoms with E-state index in [9.17, 15) is 33.6 Å². The quantitative estimate of drug-likeness (QED) is 0.0218. The highest BCUT2D eigenvalue weighted by Gasteiger charge is 2.50. The van der Waals surface area contributed by atoms with Crippen LogP contribution in [0.5, 0.6) is 0 Å². The second kappa shape index (κ2) is 53.2. The highest BCUT2D eigenvalue weighted by molar-refractivity contribution is 14.2. The fourth-order valence-corrected chi connectivity index (χ4v) is 20.8. The number of amides is 2. The molecule has 15 nitrogen and oxygen atoms in total. The smallest absolute Gasteiger partial charge is 0.411 e. The number of Topliss-reactive ketones (excluding diaryl/α,β-unsaturated/α-hetero) is 1. The molecule has 5 atom stereocenters. The molecule has 0 aromatic heterocycles. The van der Waals surface area contributed by atoms with Crippen molar-refractivity contribution in [2.24, 2.45) is 11.8 Å². The van der Waals surface area contributed by atoms with Gasteiger partial charge in [-0.05, 0) is 148 Å². The van der Waals surface area contributed by atoms with Gasteiger partial charge in [0.2, 0.25) is 0 Å². The van der Waals surface area contributed by atoms with Crippen LogP contribution in [0.15, 0.2) is 406 Å². The van der Waals surface area contributed by atoms with Gasteiger partial charge in [0.05, 0.1) is 18.4 Å². The van der Waals surface area contributed by atoms with E-state index in [1.54, 1.807) is 90.1 Å². The van der Waals surface area contributed by atoms with Crippen molar-refractivity contribution in [1.82, 2.24) is 9.80 Å². The molecule has 2 aliphatic rings. The van der Waals surface area contributed by atoms with E-state index in [1.165, 1.54) is 52.6 Å². The first-order valence-electron chi connectivity index (χ1n) is 42.2. The minimum atomic E-state index is -1.35. The van der Waals surface area contributed by atoms with Crippen molar-refractivity contribution < 1.29 is 62.0 Å². The Morgan fingerprint density at radius 3 is 0.713 bits per heavy atom. The maximum Gasteiger partial charge on any atom is 0.411 e. The lowest BCUT2D eigenvalue weighted by Crippen LogP contribution is -2.58. The van der Waals surface area contributed by atoms with Gasteiger partial charge in [0.1, 0.15) is 49.7 Å². The number of carbonyl (C=O) groups excluding carboxylic acids is 7. The van der Waals surface area contributed by atoms with Gasteiger partial charge in [-0.25, -0.2) is 19.2 Å². The molecule has 2 heterocycles. The average Bonchev–Trinajstić information content (AvgIpc) is 0.784. The zero-order valence-electron chi connectivity index (χ0n) is 73.1. The topological polar surface area (TPSA) is 181 Å². The van der Waals surface area contributed by atoms with Crippen molar-refractivity contribution >= 4 is 142 Å². The molecule has 13 aromatic carbocycles. The van der Waals surface area contributed by atoms with Crippen LogP contribution in [0.3, 0.4) is 0 Å². The summed E-state index contributed by atoms with van der Waals surface area (Å²) in [6.07, 6.45) is -0.574. The summed E-state index contributed by atoms with van der Waals surface area (Å²) in [6.45, 7) is 16.1. The van der Waals surface area contributed by atoms with Gasteiger partial charge in [-0.2, -0.15) is 0 Å². The number of nitrogens with zero attached hydrogens (tertiary/aromatic N) is 2. The summed E-state index contributed by atoms with van der Waals surface area (Å²) in [7, 11) is -1.34. The van der Waals surface area contributed by atoms with Crippen molar-refractivity contribution in [2.75, 3.05) is 19.8 Å². The predicted octanol–water partition coefficient (Wildman–Crippen LogP) is 20.9. The van der Waals surface area contributed by atoms with E-state index in [0.717, 1.165) is 33.4 Å². The molecule has 20 heteroatoms. The van der Waals surface area contributed by atoms with E-state index < -0.39 is 95.0 Å². The van der Waals surface area contributed by atoms with Gasteiger partial charge in [-0.15, -0.1) is 0 Å². The number of carbonyl (C=O) groups is 7. The van der Waals surface area contributed by atoms with Crippen LogP contribution in [0.2, 0.25) is 0 Å². The Kier molecular flexibility index (Phi) is 41.6. The molecule has 0 N–H and O–H groups in total. The Balaban J connectivity index is 0.000000184. The number of hydrogen-bond acceptors (Lipinski definition) is 13. The van der Waals surface area contributed by atoms with Crippen LogP contribution in [0.4, 0.5) is 9.59 Å². The van der Waals surface area contributed by atoms with Crippen molar-refractivity contribution in [3.05, 3.63) is 429 Å². The maximum absolute atomic E-state index is 13.2. The van der Waals surface area contributed by atoms with E-state index in [1.807, 2.05) is 72.8 Å². The second-order valence-electron chi connectivity index (χ2n) is 31.6. The minimum Gasteiger partial charge on any atom is -0.460 e. The number of rotatable bonds is 21. The van der Waals surface area contributed by atoms with Gasteiger partial charge in [-0.1, -0.05) is 442 Å². The number of halogens is 1. The Morgan fingerprint density at radius 1 is 0.318 bits per heavy atom. The summed E-state index contributed by atoms with van der Waals surface area (Å²) in [5.74, 6) is -5.35. The summed E-state index contributed by atoms with van der Waals surface area (Å²) in [6, 6.07) is 131. The summed E-state index contributed by atoms with van der Waals surface area (Å²) in [5.41, 5.74) is 2.11. The van der Waals surface area contributed by atoms with Gasteiger partial charge >= 0.3 is 36.1 Å². The third-order valence-corrected chi connectivity index (χ3v) is 26.8. The number of ether oxygens (including phenoxy) is 6. The Bertz CT molecular complexity index is 4790. The van der Waals surface area contributed by atoms with Crippen molar-refractivity contribution in [3.63, 3.8) is 0 Å². The van der Waals surface area contributed by atoms with Crippen LogP contribution in [0.25, 0.3) is 0 Å². The van der Waals surface area contributed by atoms with E-state index in [-0.39, 0.29) is 65.6 Å². The fraction of sp³-hybridized carbons (Fsp3) is 0.202. The molecular formula is C109H113IN2O13P4. The fourth-order valence-electron chi connectivity index (χ4n) is 13.9. The minimum absolute atomic E-state index is 0. The summed E-state index contributed by atoms with van der Waals surface area (Å²) >= 11 is 2.32. The number of benzene rings is 13. The zero-order chi connectivity index (χ0) is 90.9. The standard InChI is InChI=1S/C27H31NO6.C26H29NO7.3C18H15P.CH4IP.CH4/c1-19-15-22(24(29)34-27(2,3)4)23(25(30)32-17-20-11-7-5-8-12-20)28(16-19)26(31)33-18-21-13-9-6-10-14-21;1-26(2,3)34-23(29)21-14-20(28)15-27(25(31)33-17-19-12-8-5-9-13-19)22(21)24(30)32-16-18-10-6-4-7-11-18;3*1-4-10-16(11-5-1)19(17-12-6-2-7-13-17)18-14-8-3-9-15-18;1-3-2;/h5-14,22-23H,1,15-18H2,2-4H3;4-13,21-22H,14-17H2,1-3H3;3*1-15H;3H,1H3;1H4/t22-,23-;21-,22-;;;;;/m00...../s1. The highest BCUT2D eigenvalue weighted by Crippen LogP contribution is 2.37. The molecule has 2 aliphatic heterocycles. The van der Waals surface area contributed by atoms with Crippen molar-refractivity contribution in [2.45, 2.75) is 112 Å². The molecule has 0 aliphatic carbocycles. The van der Waals surface area contributed by atoms with Crippen LogP contribution < -0.4 is 47.7 Å². The first-order valence-corrected chi connectivity index (χ1v) is 50.8. The van der Waals surface area contributed by atoms with Crippen LogP contribution in [-0.4, -0.2) is 94.7 Å². The van der Waals surface area contributed by atoms with Crippen LogP contribution in [-0.2, 0) is 78.8 Å². The number of ketones is 1. The lowest BCUT2D eigenvalue weighted by atomic mass is 9.86. The molecule has 0 radical (unpaired) electrons. The van der Waals surface area contributed by atoms with E-state index in [0.29, 0.717) is 5.57 Å². The third kappa shape index (κ3) is 33.0. The third-order valence-electron chi connectivity index (χ3n) is 19.5. The van der Waals surface area contributed by atoms with Gasteiger partial charge in [-0.3, -0.25) is 24.2 Å². The van der Waals surface area contributed by atoms with E-state index in [4.69, 9.17) is 28.4 Å². The Morgan fingerprint density at radius 2 is 0.504 bits per heavy atom. The maximum atomic E-state index is 13.2. The van der Waals surface area contributed by atoms with Gasteiger partial charge < -0.3 is 28.4 Å². The molecular weight excluding hydrogens is 1800 g/mol. The summed E-state index contributed by atoms with van der Waals surface area (Å²) in [4.78, 5) is 93.0. The van der Waals surface area contributed by atoms with Gasteiger partial charge in [0, 0.05) is 13.0 Å². The highest BCUT2D eigenvalue weighted by atomic mass is 127. The van der Waals surface area contributed by atoms with Gasteiger partial charge in [0.15, 0.2) is 5.78 Å². The molecule has 0 spiro atoms. The molecule has 0 saturated carbocycles. The Hall–Kier alpha value is -11.9. The first-order chi connectivity index (χ1) is 62.0. The molecule has 1 unspecified atom stereocenters. The SMILES string of the molecule is C.C=C1C[C@H](C(=O)OC(C)(C)C)[C@@H](C(=O)OCc2ccccc2)N(C(=O)OCc2ccccc2)C1.CC(C)(C)OC(=O)[C@H]1CC(=O)CN(C(=O)OCc2ccccc2)[C@@H]1C(=O)OCc1ccccc1.CPI.c1ccc(P(c2ccccc2)c2ccccc2)cc1.c1ccc(P(c2ccccc2)c2ccccc2)cc1.c1ccc(P(c2ccccc2)c2ccccc2)cc1. The van der Waals surface area contributed by atoms with Crippen LogP contribution in [0.1, 0.15) is 84.1 Å². The normalized spacial score (nSPS) is 14.5. The van der Waals surface area contributed by atoms with Crippen molar-refractivity contribution in [1.29, 1.82) is 0 Å². The molecule has 664 valence electrons. The van der Waals surface area contributed by atoms with E-state index >= 15 is 0 Å². The number of esters is 4. The van der Waals surface area contributed by atoms with Crippen LogP contribution >= 0.6 is 52.0 Å². The predicted molar refractivity (Wildman–Crippen MR) is 539 cm³/mol. The molecule has 2 fully saturated rings.